The van der Waals surface area contributed by atoms with Gasteiger partial charge in [-0.15, -0.1) is 12.4 Å². The standard InChI is InChI=1S/C12H14Cl2FN3O2.ClH/c1-6(18-12(20)5-17-11(19)4-16)7-2-10(15)9(14)3-8(7)13;/h2-3,6H,4-5,16H2,1H3,(H,17,19)(H,18,20);1H. The van der Waals surface area contributed by atoms with E-state index in [1.54, 1.807) is 6.92 Å². The normalized spacial score (nSPS) is 11.3. The summed E-state index contributed by atoms with van der Waals surface area (Å²) < 4.78 is 13.4. The molecule has 118 valence electrons. The Bertz CT molecular complexity index is 529. The molecule has 0 aliphatic heterocycles. The first kappa shape index (κ1) is 19.9. The molecule has 21 heavy (non-hydrogen) atoms. The van der Waals surface area contributed by atoms with Crippen molar-refractivity contribution in [2.45, 2.75) is 13.0 Å². The first-order valence-corrected chi connectivity index (χ1v) is 6.51. The highest BCUT2D eigenvalue weighted by molar-refractivity contribution is 6.35. The van der Waals surface area contributed by atoms with Gasteiger partial charge in [-0.1, -0.05) is 23.2 Å². The fourth-order valence-electron chi connectivity index (χ4n) is 1.49. The lowest BCUT2D eigenvalue weighted by Crippen LogP contribution is -2.40. The highest BCUT2D eigenvalue weighted by Crippen LogP contribution is 2.28. The van der Waals surface area contributed by atoms with Crippen LogP contribution in [0.25, 0.3) is 0 Å². The predicted molar refractivity (Wildman–Crippen MR) is 82.3 cm³/mol. The quantitative estimate of drug-likeness (QED) is 0.702. The number of hydrogen-bond donors (Lipinski definition) is 3. The highest BCUT2D eigenvalue weighted by Gasteiger charge is 2.15. The molecule has 0 saturated carbocycles. The Morgan fingerprint density at radius 1 is 1.29 bits per heavy atom. The second-order valence-corrected chi connectivity index (χ2v) is 4.87. The average molecular weight is 359 g/mol. The summed E-state index contributed by atoms with van der Waals surface area (Å²) in [6.45, 7) is 1.22. The van der Waals surface area contributed by atoms with Gasteiger partial charge in [-0.2, -0.15) is 0 Å². The van der Waals surface area contributed by atoms with Gasteiger partial charge < -0.3 is 16.4 Å². The lowest BCUT2D eigenvalue weighted by atomic mass is 10.1. The summed E-state index contributed by atoms with van der Waals surface area (Å²) >= 11 is 11.5. The summed E-state index contributed by atoms with van der Waals surface area (Å²) in [4.78, 5) is 22.5. The van der Waals surface area contributed by atoms with Crippen molar-refractivity contribution in [2.75, 3.05) is 13.1 Å². The maximum absolute atomic E-state index is 13.4. The molecule has 0 aliphatic rings. The minimum Gasteiger partial charge on any atom is -0.348 e. The molecule has 1 unspecified atom stereocenters. The molecule has 0 bridgehead atoms. The molecule has 5 nitrogen and oxygen atoms in total. The average Bonchev–Trinajstić information content (AvgIpc) is 2.39. The van der Waals surface area contributed by atoms with E-state index < -0.39 is 23.7 Å². The zero-order valence-electron chi connectivity index (χ0n) is 11.1. The Balaban J connectivity index is 0.00000400. The maximum Gasteiger partial charge on any atom is 0.239 e. The van der Waals surface area contributed by atoms with E-state index in [0.717, 1.165) is 6.07 Å². The van der Waals surface area contributed by atoms with Gasteiger partial charge in [-0.05, 0) is 24.6 Å². The Hall–Kier alpha value is -1.08. The minimum absolute atomic E-state index is 0. The highest BCUT2D eigenvalue weighted by atomic mass is 35.5. The summed E-state index contributed by atoms with van der Waals surface area (Å²) in [7, 11) is 0. The van der Waals surface area contributed by atoms with E-state index in [-0.39, 0.29) is 35.5 Å². The van der Waals surface area contributed by atoms with Crippen molar-refractivity contribution in [1.29, 1.82) is 0 Å². The topological polar surface area (TPSA) is 84.2 Å². The van der Waals surface area contributed by atoms with E-state index in [9.17, 15) is 14.0 Å². The van der Waals surface area contributed by atoms with Crippen LogP contribution in [-0.2, 0) is 9.59 Å². The third-order valence-electron chi connectivity index (χ3n) is 2.52. The van der Waals surface area contributed by atoms with Crippen LogP contribution in [0, 0.1) is 5.82 Å². The van der Waals surface area contributed by atoms with Crippen molar-refractivity contribution in [3.63, 3.8) is 0 Å². The number of carbonyl (C=O) groups excluding carboxylic acids is 2. The fraction of sp³-hybridized carbons (Fsp3) is 0.333. The molecule has 1 rings (SSSR count). The maximum atomic E-state index is 13.4. The predicted octanol–water partition coefficient (Wildman–Crippen LogP) is 1.81. The molecule has 1 aromatic rings. The molecule has 1 atom stereocenters. The van der Waals surface area contributed by atoms with Crippen molar-refractivity contribution in [3.05, 3.63) is 33.6 Å². The van der Waals surface area contributed by atoms with Gasteiger partial charge in [0.1, 0.15) is 5.82 Å². The number of hydrogen-bond acceptors (Lipinski definition) is 3. The number of rotatable bonds is 5. The smallest absolute Gasteiger partial charge is 0.239 e. The van der Waals surface area contributed by atoms with E-state index >= 15 is 0 Å². The van der Waals surface area contributed by atoms with Crippen LogP contribution in [0.2, 0.25) is 10.0 Å². The summed E-state index contributed by atoms with van der Waals surface area (Å²) in [6, 6.07) is 1.90. The van der Waals surface area contributed by atoms with Crippen LogP contribution >= 0.6 is 35.6 Å². The van der Waals surface area contributed by atoms with E-state index in [0.29, 0.717) is 5.56 Å². The zero-order valence-corrected chi connectivity index (χ0v) is 13.4. The van der Waals surface area contributed by atoms with Gasteiger partial charge in [0, 0.05) is 5.02 Å². The summed E-state index contributed by atoms with van der Waals surface area (Å²) in [5.74, 6) is -1.50. The summed E-state index contributed by atoms with van der Waals surface area (Å²) in [5.41, 5.74) is 5.48. The molecule has 4 N–H and O–H groups in total. The number of amides is 2. The van der Waals surface area contributed by atoms with Crippen molar-refractivity contribution in [2.24, 2.45) is 5.73 Å². The first-order chi connectivity index (χ1) is 9.35. The van der Waals surface area contributed by atoms with Crippen LogP contribution in [-0.4, -0.2) is 24.9 Å². The first-order valence-electron chi connectivity index (χ1n) is 5.75. The van der Waals surface area contributed by atoms with Crippen LogP contribution in [0.1, 0.15) is 18.5 Å². The van der Waals surface area contributed by atoms with Gasteiger partial charge in [0.2, 0.25) is 11.8 Å². The fourth-order valence-corrected chi connectivity index (χ4v) is 2.04. The Kier molecular flexibility index (Phi) is 8.58. The van der Waals surface area contributed by atoms with Gasteiger partial charge in [-0.25, -0.2) is 4.39 Å². The summed E-state index contributed by atoms with van der Waals surface area (Å²) in [6.07, 6.45) is 0. The van der Waals surface area contributed by atoms with Gasteiger partial charge in [0.15, 0.2) is 0 Å². The van der Waals surface area contributed by atoms with Crippen molar-refractivity contribution >= 4 is 47.4 Å². The lowest BCUT2D eigenvalue weighted by Gasteiger charge is -2.16. The van der Waals surface area contributed by atoms with Gasteiger partial charge in [0.25, 0.3) is 0 Å². The molecular weight excluding hydrogens is 344 g/mol. The molecule has 0 fully saturated rings. The number of carbonyl (C=O) groups is 2. The van der Waals surface area contributed by atoms with Gasteiger partial charge in [0.05, 0.1) is 24.2 Å². The second-order valence-electron chi connectivity index (χ2n) is 4.06. The number of nitrogens with two attached hydrogens (primary N) is 1. The van der Waals surface area contributed by atoms with E-state index in [2.05, 4.69) is 10.6 Å². The molecule has 0 spiro atoms. The Morgan fingerprint density at radius 2 is 1.90 bits per heavy atom. The number of nitrogens with one attached hydrogen (secondary N) is 2. The lowest BCUT2D eigenvalue weighted by molar-refractivity contribution is -0.125. The Morgan fingerprint density at radius 3 is 2.48 bits per heavy atom. The van der Waals surface area contributed by atoms with Gasteiger partial charge >= 0.3 is 0 Å². The van der Waals surface area contributed by atoms with Crippen LogP contribution < -0.4 is 16.4 Å². The van der Waals surface area contributed by atoms with Crippen LogP contribution in [0.5, 0.6) is 0 Å². The monoisotopic (exact) mass is 357 g/mol. The largest absolute Gasteiger partial charge is 0.348 e. The summed E-state index contributed by atoms with van der Waals surface area (Å²) in [5, 5.41) is 5.05. The van der Waals surface area contributed by atoms with E-state index in [4.69, 9.17) is 28.9 Å². The minimum atomic E-state index is -0.622. The van der Waals surface area contributed by atoms with Crippen LogP contribution in [0.15, 0.2) is 12.1 Å². The van der Waals surface area contributed by atoms with E-state index in [1.165, 1.54) is 6.07 Å². The zero-order chi connectivity index (χ0) is 15.3. The molecular formula is C12H15Cl3FN3O2. The molecule has 0 aromatic heterocycles. The molecule has 0 saturated heterocycles. The van der Waals surface area contributed by atoms with Crippen molar-refractivity contribution in [3.8, 4) is 0 Å². The molecule has 1 aromatic carbocycles. The SMILES string of the molecule is CC(NC(=O)CNC(=O)CN)c1cc(F)c(Cl)cc1Cl.Cl. The third kappa shape index (κ3) is 6.05. The second kappa shape index (κ2) is 9.04. The molecule has 0 aliphatic carbocycles. The number of benzene rings is 1. The Labute approximate surface area is 137 Å². The van der Waals surface area contributed by atoms with Crippen LogP contribution in [0.4, 0.5) is 4.39 Å². The molecule has 9 heteroatoms. The van der Waals surface area contributed by atoms with E-state index in [1.807, 2.05) is 0 Å². The van der Waals surface area contributed by atoms with Gasteiger partial charge in [-0.3, -0.25) is 9.59 Å². The molecule has 0 heterocycles. The third-order valence-corrected chi connectivity index (χ3v) is 3.13. The molecule has 0 radical (unpaired) electrons. The number of halogens is 4. The van der Waals surface area contributed by atoms with Crippen molar-refractivity contribution in [1.82, 2.24) is 10.6 Å². The molecule has 2 amide bonds. The van der Waals surface area contributed by atoms with Crippen molar-refractivity contribution < 1.29 is 14.0 Å². The van der Waals surface area contributed by atoms with Crippen LogP contribution in [0.3, 0.4) is 0 Å².